The van der Waals surface area contributed by atoms with E-state index in [0.717, 1.165) is 5.56 Å². The summed E-state index contributed by atoms with van der Waals surface area (Å²) in [6.07, 6.45) is 0. The molecule has 0 aliphatic heterocycles. The molecule has 0 unspecified atom stereocenters. The number of hydrogen-bond donors (Lipinski definition) is 1. The third kappa shape index (κ3) is 4.55. The van der Waals surface area contributed by atoms with Crippen LogP contribution in [0.4, 0.5) is 0 Å². The van der Waals surface area contributed by atoms with Gasteiger partial charge in [0.05, 0.1) is 17.4 Å². The maximum atomic E-state index is 11.2. The summed E-state index contributed by atoms with van der Waals surface area (Å²) < 4.78 is 22.5. The fraction of sp³-hybridized carbons (Fsp3) is 0.417. The van der Waals surface area contributed by atoms with Gasteiger partial charge in [-0.05, 0) is 11.6 Å². The van der Waals surface area contributed by atoms with Gasteiger partial charge in [0.25, 0.3) is 0 Å². The van der Waals surface area contributed by atoms with Crippen molar-refractivity contribution in [3.8, 4) is 6.07 Å². The fourth-order valence-electron chi connectivity index (χ4n) is 1.38. The number of nitrogens with one attached hydrogen (secondary N) is 1. The molecule has 0 spiro atoms. The van der Waals surface area contributed by atoms with Crippen LogP contribution in [-0.2, 0) is 16.4 Å². The molecule has 0 aliphatic carbocycles. The minimum Gasteiger partial charge on any atom is -0.312 e. The van der Waals surface area contributed by atoms with E-state index in [9.17, 15) is 8.42 Å². The van der Waals surface area contributed by atoms with E-state index in [1.165, 1.54) is 0 Å². The summed E-state index contributed by atoms with van der Waals surface area (Å²) in [6, 6.07) is 9.39. The Kier molecular flexibility index (Phi) is 5.13. The Labute approximate surface area is 102 Å². The summed E-state index contributed by atoms with van der Waals surface area (Å²) in [7, 11) is -2.92. The Morgan fingerprint density at radius 1 is 1.35 bits per heavy atom. The Morgan fingerprint density at radius 3 is 2.71 bits per heavy atom. The Hall–Kier alpha value is -1.38. The smallest absolute Gasteiger partial charge is 0.151 e. The highest BCUT2D eigenvalue weighted by molar-refractivity contribution is 7.91. The van der Waals surface area contributed by atoms with Gasteiger partial charge in [-0.1, -0.05) is 25.1 Å². The first-order valence-electron chi connectivity index (χ1n) is 5.48. The van der Waals surface area contributed by atoms with Gasteiger partial charge < -0.3 is 5.32 Å². The maximum absolute atomic E-state index is 11.2. The third-order valence-corrected chi connectivity index (χ3v) is 4.19. The van der Waals surface area contributed by atoms with E-state index in [1.807, 2.05) is 18.2 Å². The zero-order valence-electron chi connectivity index (χ0n) is 9.81. The van der Waals surface area contributed by atoms with Gasteiger partial charge in [0.15, 0.2) is 9.84 Å². The zero-order valence-corrected chi connectivity index (χ0v) is 10.6. The average Bonchev–Trinajstić information content (AvgIpc) is 2.35. The van der Waals surface area contributed by atoms with Crippen molar-refractivity contribution in [3.05, 3.63) is 35.4 Å². The van der Waals surface area contributed by atoms with Crippen LogP contribution in [0, 0.1) is 11.3 Å². The highest BCUT2D eigenvalue weighted by Gasteiger charge is 2.06. The normalized spacial score (nSPS) is 11.1. The van der Waals surface area contributed by atoms with Gasteiger partial charge in [-0.25, -0.2) is 8.42 Å². The SMILES string of the molecule is CCS(=O)(=O)CCNCc1ccccc1C#N. The van der Waals surface area contributed by atoms with E-state index in [0.29, 0.717) is 18.7 Å². The molecule has 0 aliphatic rings. The Morgan fingerprint density at radius 2 is 2.06 bits per heavy atom. The van der Waals surface area contributed by atoms with Crippen molar-refractivity contribution in [1.82, 2.24) is 5.32 Å². The van der Waals surface area contributed by atoms with Crippen LogP contribution in [0.25, 0.3) is 0 Å². The first-order chi connectivity index (χ1) is 8.09. The molecule has 17 heavy (non-hydrogen) atoms. The summed E-state index contributed by atoms with van der Waals surface area (Å²) >= 11 is 0. The number of nitrogens with zero attached hydrogens (tertiary/aromatic N) is 1. The van der Waals surface area contributed by atoms with Crippen LogP contribution in [0.1, 0.15) is 18.1 Å². The molecule has 0 bridgehead atoms. The maximum Gasteiger partial charge on any atom is 0.151 e. The number of nitriles is 1. The molecule has 0 aromatic heterocycles. The van der Waals surface area contributed by atoms with E-state index in [1.54, 1.807) is 13.0 Å². The zero-order chi connectivity index (χ0) is 12.7. The third-order valence-electron chi connectivity index (χ3n) is 2.48. The molecule has 0 atom stereocenters. The molecule has 1 aromatic rings. The molecule has 5 heteroatoms. The summed E-state index contributed by atoms with van der Waals surface area (Å²) in [6.45, 7) is 2.57. The van der Waals surface area contributed by atoms with E-state index >= 15 is 0 Å². The quantitative estimate of drug-likeness (QED) is 0.769. The molecule has 0 heterocycles. The predicted molar refractivity (Wildman–Crippen MR) is 67.2 cm³/mol. The van der Waals surface area contributed by atoms with Crippen molar-refractivity contribution in [2.45, 2.75) is 13.5 Å². The second kappa shape index (κ2) is 6.38. The van der Waals surface area contributed by atoms with Crippen LogP contribution < -0.4 is 5.32 Å². The molecular formula is C12H16N2O2S. The lowest BCUT2D eigenvalue weighted by atomic mass is 10.1. The molecule has 0 saturated heterocycles. The molecule has 1 N–H and O–H groups in total. The van der Waals surface area contributed by atoms with Crippen molar-refractivity contribution >= 4 is 9.84 Å². The van der Waals surface area contributed by atoms with Gasteiger partial charge in [0.1, 0.15) is 0 Å². The molecule has 1 rings (SSSR count). The van der Waals surface area contributed by atoms with Crippen molar-refractivity contribution in [2.75, 3.05) is 18.1 Å². The van der Waals surface area contributed by atoms with E-state index in [2.05, 4.69) is 11.4 Å². The van der Waals surface area contributed by atoms with Crippen LogP contribution in [0.3, 0.4) is 0 Å². The van der Waals surface area contributed by atoms with Crippen LogP contribution in [0.15, 0.2) is 24.3 Å². The second-order valence-corrected chi connectivity index (χ2v) is 6.15. The van der Waals surface area contributed by atoms with Gasteiger partial charge in [0, 0.05) is 18.8 Å². The number of rotatable bonds is 6. The van der Waals surface area contributed by atoms with Gasteiger partial charge in [0.2, 0.25) is 0 Å². The van der Waals surface area contributed by atoms with Crippen molar-refractivity contribution in [2.24, 2.45) is 0 Å². The molecular weight excluding hydrogens is 236 g/mol. The van der Waals surface area contributed by atoms with Crippen molar-refractivity contribution in [1.29, 1.82) is 5.26 Å². The van der Waals surface area contributed by atoms with Gasteiger partial charge in [-0.15, -0.1) is 0 Å². The second-order valence-electron chi connectivity index (χ2n) is 3.68. The lowest BCUT2D eigenvalue weighted by Crippen LogP contribution is -2.23. The van der Waals surface area contributed by atoms with E-state index in [-0.39, 0.29) is 11.5 Å². The van der Waals surface area contributed by atoms with E-state index in [4.69, 9.17) is 5.26 Å². The molecule has 0 radical (unpaired) electrons. The van der Waals surface area contributed by atoms with Crippen LogP contribution in [-0.4, -0.2) is 26.5 Å². The van der Waals surface area contributed by atoms with Crippen molar-refractivity contribution < 1.29 is 8.42 Å². The van der Waals surface area contributed by atoms with Gasteiger partial charge in [-0.2, -0.15) is 5.26 Å². The van der Waals surface area contributed by atoms with Crippen LogP contribution in [0.2, 0.25) is 0 Å². The summed E-state index contributed by atoms with van der Waals surface area (Å²) in [5.74, 6) is 0.307. The minimum atomic E-state index is -2.92. The molecule has 0 saturated carbocycles. The molecule has 0 amide bonds. The van der Waals surface area contributed by atoms with E-state index < -0.39 is 9.84 Å². The molecule has 92 valence electrons. The summed E-state index contributed by atoms with van der Waals surface area (Å²) in [4.78, 5) is 0. The first-order valence-corrected chi connectivity index (χ1v) is 7.30. The molecule has 1 aromatic carbocycles. The lowest BCUT2D eigenvalue weighted by molar-refractivity contribution is 0.592. The molecule has 0 fully saturated rings. The first kappa shape index (κ1) is 13.7. The van der Waals surface area contributed by atoms with Crippen LogP contribution in [0.5, 0.6) is 0 Å². The number of sulfone groups is 1. The Bertz CT molecular complexity index is 503. The number of hydrogen-bond acceptors (Lipinski definition) is 4. The van der Waals surface area contributed by atoms with Gasteiger partial charge >= 0.3 is 0 Å². The topological polar surface area (TPSA) is 70.0 Å². The summed E-state index contributed by atoms with van der Waals surface area (Å²) in [5, 5.41) is 11.9. The highest BCUT2D eigenvalue weighted by atomic mass is 32.2. The highest BCUT2D eigenvalue weighted by Crippen LogP contribution is 2.06. The fourth-order valence-corrected chi connectivity index (χ4v) is 2.12. The Balaban J connectivity index is 2.45. The van der Waals surface area contributed by atoms with Crippen LogP contribution >= 0.6 is 0 Å². The van der Waals surface area contributed by atoms with Gasteiger partial charge in [-0.3, -0.25) is 0 Å². The lowest BCUT2D eigenvalue weighted by Gasteiger charge is -2.06. The standard InChI is InChI=1S/C12H16N2O2S/c1-2-17(15,16)8-7-14-10-12-6-4-3-5-11(12)9-13/h3-6,14H,2,7-8,10H2,1H3. The van der Waals surface area contributed by atoms with Crippen molar-refractivity contribution in [3.63, 3.8) is 0 Å². The molecule has 4 nitrogen and oxygen atoms in total. The minimum absolute atomic E-state index is 0.137. The average molecular weight is 252 g/mol. The number of benzene rings is 1. The summed E-state index contributed by atoms with van der Waals surface area (Å²) in [5.41, 5.74) is 1.52. The predicted octanol–water partition coefficient (Wildman–Crippen LogP) is 1.08. The monoisotopic (exact) mass is 252 g/mol. The largest absolute Gasteiger partial charge is 0.312 e.